The third-order valence-corrected chi connectivity index (χ3v) is 3.43. The Morgan fingerprint density at radius 3 is 2.57 bits per heavy atom. The predicted molar refractivity (Wildman–Crippen MR) is 81.6 cm³/mol. The van der Waals surface area contributed by atoms with E-state index in [1.165, 1.54) is 0 Å². The predicted octanol–water partition coefficient (Wildman–Crippen LogP) is 4.28. The van der Waals surface area contributed by atoms with Gasteiger partial charge in [-0.05, 0) is 35.0 Å². The van der Waals surface area contributed by atoms with Crippen molar-refractivity contribution in [2.24, 2.45) is 0 Å². The highest BCUT2D eigenvalue weighted by Gasteiger charge is 2.27. The minimum Gasteiger partial charge on any atom is -0.492 e. The second kappa shape index (κ2) is 8.97. The maximum Gasteiger partial charge on any atom is 0.411 e. The fourth-order valence-corrected chi connectivity index (χ4v) is 3.03. The summed E-state index contributed by atoms with van der Waals surface area (Å²) in [5.74, 6) is 0.726. The van der Waals surface area contributed by atoms with Crippen LogP contribution in [0, 0.1) is 0 Å². The summed E-state index contributed by atoms with van der Waals surface area (Å²) in [7, 11) is 0. The van der Waals surface area contributed by atoms with Gasteiger partial charge in [0.25, 0.3) is 0 Å². The number of nitrogens with one attached hydrogen (secondary N) is 1. The quantitative estimate of drug-likeness (QED) is 0.619. The number of alkyl halides is 3. The van der Waals surface area contributed by atoms with E-state index < -0.39 is 12.8 Å². The van der Waals surface area contributed by atoms with Gasteiger partial charge in [-0.25, -0.2) is 0 Å². The van der Waals surface area contributed by atoms with Gasteiger partial charge in [0, 0.05) is 23.1 Å². The molecule has 0 heterocycles. The van der Waals surface area contributed by atoms with Crippen LogP contribution in [0.15, 0.2) is 21.1 Å². The van der Waals surface area contributed by atoms with Gasteiger partial charge in [-0.15, -0.1) is 0 Å². The average molecular weight is 435 g/mol. The van der Waals surface area contributed by atoms with Crippen LogP contribution < -0.4 is 10.1 Å². The molecular formula is C13H16Br2F3NO2. The van der Waals surface area contributed by atoms with Crippen LogP contribution in [0.25, 0.3) is 0 Å². The SMILES string of the molecule is CCOc1c(Br)cc(Br)cc1CNCCOCC(F)(F)F. The molecule has 0 aliphatic carbocycles. The Kier molecular flexibility index (Phi) is 8.00. The minimum absolute atomic E-state index is 0.00134. The molecule has 1 rings (SSSR count). The summed E-state index contributed by atoms with van der Waals surface area (Å²) in [6.07, 6.45) is -4.28. The normalized spacial score (nSPS) is 11.7. The van der Waals surface area contributed by atoms with Crippen molar-refractivity contribution in [1.82, 2.24) is 5.32 Å². The van der Waals surface area contributed by atoms with Gasteiger partial charge in [-0.2, -0.15) is 13.2 Å². The van der Waals surface area contributed by atoms with Crippen LogP contribution in [0.4, 0.5) is 13.2 Å². The van der Waals surface area contributed by atoms with Crippen molar-refractivity contribution in [3.63, 3.8) is 0 Å². The Morgan fingerprint density at radius 1 is 1.24 bits per heavy atom. The van der Waals surface area contributed by atoms with E-state index in [-0.39, 0.29) is 6.61 Å². The van der Waals surface area contributed by atoms with Crippen LogP contribution in [0.5, 0.6) is 5.75 Å². The van der Waals surface area contributed by atoms with E-state index in [1.54, 1.807) is 0 Å². The van der Waals surface area contributed by atoms with Gasteiger partial charge in [0.2, 0.25) is 0 Å². The summed E-state index contributed by atoms with van der Waals surface area (Å²) in [4.78, 5) is 0. The van der Waals surface area contributed by atoms with Gasteiger partial charge in [0.15, 0.2) is 0 Å². The molecule has 8 heteroatoms. The molecule has 21 heavy (non-hydrogen) atoms. The summed E-state index contributed by atoms with van der Waals surface area (Å²) in [6, 6.07) is 3.78. The van der Waals surface area contributed by atoms with Crippen molar-refractivity contribution in [1.29, 1.82) is 0 Å². The Hall–Kier alpha value is -0.310. The Morgan fingerprint density at radius 2 is 1.95 bits per heavy atom. The summed E-state index contributed by atoms with van der Waals surface area (Å²) < 4.78 is 47.4. The van der Waals surface area contributed by atoms with Crippen LogP contribution in [0.2, 0.25) is 0 Å². The number of ether oxygens (including phenoxy) is 2. The molecule has 0 aliphatic heterocycles. The molecule has 1 aromatic rings. The summed E-state index contributed by atoms with van der Waals surface area (Å²) in [6.45, 7) is 1.99. The largest absolute Gasteiger partial charge is 0.492 e. The number of rotatable bonds is 8. The summed E-state index contributed by atoms with van der Waals surface area (Å²) in [5, 5.41) is 3.03. The highest BCUT2D eigenvalue weighted by molar-refractivity contribution is 9.11. The van der Waals surface area contributed by atoms with Crippen LogP contribution in [0.3, 0.4) is 0 Å². The van der Waals surface area contributed by atoms with Crippen molar-refractivity contribution < 1.29 is 22.6 Å². The van der Waals surface area contributed by atoms with Crippen LogP contribution in [-0.2, 0) is 11.3 Å². The fourth-order valence-electron chi connectivity index (χ4n) is 1.61. The van der Waals surface area contributed by atoms with Gasteiger partial charge in [-0.1, -0.05) is 15.9 Å². The van der Waals surface area contributed by atoms with Crippen molar-refractivity contribution >= 4 is 31.9 Å². The standard InChI is InChI=1S/C13H16Br2F3NO2/c1-2-21-12-9(5-10(14)6-11(12)15)7-19-3-4-20-8-13(16,17)18/h5-6,19H,2-4,7-8H2,1H3. The molecule has 3 nitrogen and oxygen atoms in total. The molecule has 0 saturated heterocycles. The molecule has 0 spiro atoms. The molecular weight excluding hydrogens is 419 g/mol. The fraction of sp³-hybridized carbons (Fsp3) is 0.538. The van der Waals surface area contributed by atoms with Gasteiger partial charge < -0.3 is 14.8 Å². The van der Waals surface area contributed by atoms with Crippen LogP contribution >= 0.6 is 31.9 Å². The highest BCUT2D eigenvalue weighted by atomic mass is 79.9. The van der Waals surface area contributed by atoms with Crippen LogP contribution in [-0.4, -0.2) is 32.5 Å². The van der Waals surface area contributed by atoms with Crippen molar-refractivity contribution in [2.45, 2.75) is 19.6 Å². The first kappa shape index (κ1) is 18.7. The molecule has 1 aromatic carbocycles. The van der Waals surface area contributed by atoms with Crippen molar-refractivity contribution in [3.8, 4) is 5.75 Å². The zero-order chi connectivity index (χ0) is 15.9. The summed E-state index contributed by atoms with van der Waals surface area (Å²) in [5.41, 5.74) is 0.911. The van der Waals surface area contributed by atoms with E-state index in [4.69, 9.17) is 4.74 Å². The molecule has 0 unspecified atom stereocenters. The first-order valence-electron chi connectivity index (χ1n) is 6.29. The molecule has 0 fully saturated rings. The minimum atomic E-state index is -4.28. The van der Waals surface area contributed by atoms with Crippen LogP contribution in [0.1, 0.15) is 12.5 Å². The molecule has 0 radical (unpaired) electrons. The zero-order valence-electron chi connectivity index (χ0n) is 11.4. The number of benzene rings is 1. The lowest BCUT2D eigenvalue weighted by Gasteiger charge is -2.14. The van der Waals surface area contributed by atoms with Gasteiger partial charge in [0.05, 0.1) is 17.7 Å². The van der Waals surface area contributed by atoms with Gasteiger partial charge >= 0.3 is 6.18 Å². The van der Waals surface area contributed by atoms with E-state index in [0.29, 0.717) is 19.7 Å². The monoisotopic (exact) mass is 433 g/mol. The lowest BCUT2D eigenvalue weighted by Crippen LogP contribution is -2.23. The van der Waals surface area contributed by atoms with E-state index >= 15 is 0 Å². The average Bonchev–Trinajstić information content (AvgIpc) is 2.36. The third kappa shape index (κ3) is 7.49. The Labute approximate surface area is 138 Å². The topological polar surface area (TPSA) is 30.5 Å². The maximum absolute atomic E-state index is 11.9. The van der Waals surface area contributed by atoms with Crippen molar-refractivity contribution in [3.05, 3.63) is 26.6 Å². The first-order valence-corrected chi connectivity index (χ1v) is 7.88. The Balaban J connectivity index is 2.44. The first-order chi connectivity index (χ1) is 9.83. The Bertz CT molecular complexity index is 456. The number of halogens is 5. The molecule has 120 valence electrons. The van der Waals surface area contributed by atoms with E-state index in [9.17, 15) is 13.2 Å². The molecule has 0 saturated carbocycles. The number of hydrogen-bond acceptors (Lipinski definition) is 3. The maximum atomic E-state index is 11.9. The highest BCUT2D eigenvalue weighted by Crippen LogP contribution is 2.32. The second-order valence-electron chi connectivity index (χ2n) is 4.15. The third-order valence-electron chi connectivity index (χ3n) is 2.38. The van der Waals surface area contributed by atoms with Gasteiger partial charge in [-0.3, -0.25) is 0 Å². The van der Waals surface area contributed by atoms with E-state index in [1.807, 2.05) is 19.1 Å². The molecule has 1 N–H and O–H groups in total. The zero-order valence-corrected chi connectivity index (χ0v) is 14.6. The second-order valence-corrected chi connectivity index (χ2v) is 5.92. The molecule has 0 aliphatic rings. The van der Waals surface area contributed by atoms with Crippen molar-refractivity contribution in [2.75, 3.05) is 26.4 Å². The smallest absolute Gasteiger partial charge is 0.411 e. The summed E-state index contributed by atoms with van der Waals surface area (Å²) >= 11 is 6.81. The lowest BCUT2D eigenvalue weighted by atomic mass is 10.2. The molecule has 0 amide bonds. The molecule has 0 aromatic heterocycles. The molecule has 0 atom stereocenters. The van der Waals surface area contributed by atoms with E-state index in [2.05, 4.69) is 41.9 Å². The number of hydrogen-bond donors (Lipinski definition) is 1. The lowest BCUT2D eigenvalue weighted by molar-refractivity contribution is -0.173. The van der Waals surface area contributed by atoms with E-state index in [0.717, 1.165) is 20.3 Å². The molecule has 0 bridgehead atoms. The van der Waals surface area contributed by atoms with Gasteiger partial charge in [0.1, 0.15) is 12.4 Å².